The molecule has 2 rings (SSSR count). The van der Waals surface area contributed by atoms with E-state index in [-0.39, 0.29) is 10.6 Å². The maximum Gasteiger partial charge on any atom is 0.295 e. The third kappa shape index (κ3) is 4.48. The molecule has 0 heterocycles. The van der Waals surface area contributed by atoms with Crippen LogP contribution in [0.25, 0.3) is 10.4 Å². The second-order valence-electron chi connectivity index (χ2n) is 4.63. The molecule has 2 aromatic rings. The van der Waals surface area contributed by atoms with E-state index in [4.69, 9.17) is 15.0 Å². The summed E-state index contributed by atoms with van der Waals surface area (Å²) in [6, 6.07) is 11.8. The molecule has 0 radical (unpaired) electrons. The van der Waals surface area contributed by atoms with Crippen molar-refractivity contribution in [1.29, 1.82) is 0 Å². The molecule has 0 unspecified atom stereocenters. The van der Waals surface area contributed by atoms with Crippen LogP contribution in [0.15, 0.2) is 62.9 Å². The average Bonchev–Trinajstić information content (AvgIpc) is 2.56. The lowest BCUT2D eigenvalue weighted by Crippen LogP contribution is -2.09. The van der Waals surface area contributed by atoms with E-state index < -0.39 is 16.0 Å². The number of hydrogen-bond donors (Lipinski definition) is 0. The number of azide groups is 1. The first-order valence-electron chi connectivity index (χ1n) is 6.73. The zero-order chi connectivity index (χ0) is 17.6. The van der Waals surface area contributed by atoms with Gasteiger partial charge in [0.1, 0.15) is 11.5 Å². The van der Waals surface area contributed by atoms with Crippen LogP contribution in [-0.4, -0.2) is 21.5 Å². The molecule has 124 valence electrons. The van der Waals surface area contributed by atoms with Crippen LogP contribution in [0.1, 0.15) is 5.56 Å². The summed E-state index contributed by atoms with van der Waals surface area (Å²) >= 11 is 0. The van der Waals surface area contributed by atoms with Gasteiger partial charge in [-0.05, 0) is 54.0 Å². The third-order valence-electron chi connectivity index (χ3n) is 2.92. The van der Waals surface area contributed by atoms with Gasteiger partial charge >= 0.3 is 0 Å². The minimum atomic E-state index is -4.06. The fraction of sp³-hybridized carbons (Fsp3) is 0.133. The van der Waals surface area contributed by atoms with Crippen molar-refractivity contribution in [2.45, 2.75) is 11.8 Å². The van der Waals surface area contributed by atoms with Crippen LogP contribution in [-0.2, 0) is 10.0 Å². The summed E-state index contributed by atoms with van der Waals surface area (Å²) in [6.45, 7) is 1.83. The van der Waals surface area contributed by atoms with E-state index in [1.165, 1.54) is 31.4 Å². The Morgan fingerprint density at radius 1 is 1.04 bits per heavy atom. The Hall–Kier alpha value is -3.03. The maximum atomic E-state index is 12.2. The molecule has 0 aliphatic carbocycles. The molecule has 0 saturated heterocycles. The van der Waals surface area contributed by atoms with Gasteiger partial charge in [0.15, 0.2) is 0 Å². The summed E-state index contributed by atoms with van der Waals surface area (Å²) in [7, 11) is -2.55. The highest BCUT2D eigenvalue weighted by atomic mass is 32.2. The number of amidine groups is 1. The van der Waals surface area contributed by atoms with Crippen molar-refractivity contribution in [1.82, 2.24) is 0 Å². The number of nitrogens with zero attached hydrogens (tertiary/aromatic N) is 4. The zero-order valence-electron chi connectivity index (χ0n) is 12.9. The first-order chi connectivity index (χ1) is 11.4. The van der Waals surface area contributed by atoms with Gasteiger partial charge in [0.05, 0.1) is 12.0 Å². The van der Waals surface area contributed by atoms with Crippen molar-refractivity contribution in [3.8, 4) is 11.5 Å². The Morgan fingerprint density at radius 3 is 2.17 bits per heavy atom. The molecule has 24 heavy (non-hydrogen) atoms. The van der Waals surface area contributed by atoms with Crippen LogP contribution in [0.3, 0.4) is 0 Å². The Balaban J connectivity index is 2.32. The average molecular weight is 346 g/mol. The van der Waals surface area contributed by atoms with E-state index in [2.05, 4.69) is 14.4 Å². The number of ether oxygens (including phenoxy) is 2. The number of methoxy groups -OCH3 is 1. The number of benzene rings is 2. The minimum absolute atomic E-state index is 0.0305. The Bertz CT molecular complexity index is 884. The lowest BCUT2D eigenvalue weighted by Gasteiger charge is -2.06. The Labute approximate surface area is 139 Å². The molecule has 0 aliphatic rings. The van der Waals surface area contributed by atoms with E-state index in [9.17, 15) is 8.42 Å². The largest absolute Gasteiger partial charge is 0.497 e. The summed E-state index contributed by atoms with van der Waals surface area (Å²) in [4.78, 5) is 2.51. The summed E-state index contributed by atoms with van der Waals surface area (Å²) < 4.78 is 38.2. The smallest absolute Gasteiger partial charge is 0.295 e. The Kier molecular flexibility index (Phi) is 5.41. The van der Waals surface area contributed by atoms with E-state index in [1.807, 2.05) is 6.92 Å². The molecule has 0 aliphatic heterocycles. The molecule has 8 nitrogen and oxygen atoms in total. The molecule has 0 N–H and O–H groups in total. The fourth-order valence-corrected chi connectivity index (χ4v) is 2.58. The molecule has 0 saturated carbocycles. The van der Waals surface area contributed by atoms with Gasteiger partial charge in [0.2, 0.25) is 0 Å². The van der Waals surface area contributed by atoms with Gasteiger partial charge in [-0.2, -0.15) is 8.42 Å². The second-order valence-corrected chi connectivity index (χ2v) is 6.23. The number of aryl methyl sites for hydroxylation is 1. The van der Waals surface area contributed by atoms with Gasteiger partial charge in [-0.15, -0.1) is 4.40 Å². The molecule has 0 bridgehead atoms. The quantitative estimate of drug-likeness (QED) is 0.277. The molecular formula is C15H14N4O4S. The molecule has 2 aromatic carbocycles. The topological polar surface area (TPSA) is 114 Å². The monoisotopic (exact) mass is 346 g/mol. The SMILES string of the molecule is COc1ccc(O/C(N=[N+]=[N-])=N\S(=O)(=O)c2ccc(C)cc2)cc1. The summed E-state index contributed by atoms with van der Waals surface area (Å²) in [5.41, 5.74) is 9.49. The first-order valence-corrected chi connectivity index (χ1v) is 8.17. The predicted molar refractivity (Wildman–Crippen MR) is 88.6 cm³/mol. The number of sulfonamides is 1. The van der Waals surface area contributed by atoms with Crippen molar-refractivity contribution < 1.29 is 17.9 Å². The lowest BCUT2D eigenvalue weighted by atomic mass is 10.2. The van der Waals surface area contributed by atoms with Crippen molar-refractivity contribution in [2.75, 3.05) is 7.11 Å². The molecule has 9 heteroatoms. The minimum Gasteiger partial charge on any atom is -0.497 e. The highest BCUT2D eigenvalue weighted by molar-refractivity contribution is 7.90. The van der Waals surface area contributed by atoms with Crippen LogP contribution in [0, 0.1) is 6.92 Å². The summed E-state index contributed by atoms with van der Waals surface area (Å²) in [6.07, 6.45) is 0. The third-order valence-corrected chi connectivity index (χ3v) is 4.18. The molecule has 0 amide bonds. The van der Waals surface area contributed by atoms with Crippen molar-refractivity contribution in [3.63, 3.8) is 0 Å². The van der Waals surface area contributed by atoms with Gasteiger partial charge in [-0.3, -0.25) is 0 Å². The summed E-state index contributed by atoms with van der Waals surface area (Å²) in [5, 5.41) is 3.19. The van der Waals surface area contributed by atoms with Crippen molar-refractivity contribution in [3.05, 3.63) is 64.5 Å². The van der Waals surface area contributed by atoms with Gasteiger partial charge < -0.3 is 9.47 Å². The van der Waals surface area contributed by atoms with E-state index in [0.717, 1.165) is 5.56 Å². The fourth-order valence-electron chi connectivity index (χ4n) is 1.71. The van der Waals surface area contributed by atoms with E-state index >= 15 is 0 Å². The van der Waals surface area contributed by atoms with Gasteiger partial charge in [-0.1, -0.05) is 17.7 Å². The zero-order valence-corrected chi connectivity index (χ0v) is 13.8. The summed E-state index contributed by atoms with van der Waals surface area (Å²) in [5.74, 6) is 0.845. The van der Waals surface area contributed by atoms with Crippen molar-refractivity contribution >= 4 is 16.0 Å². The number of hydrogen-bond acceptors (Lipinski definition) is 4. The van der Waals surface area contributed by atoms with Crippen LogP contribution in [0.2, 0.25) is 0 Å². The van der Waals surface area contributed by atoms with Crippen LogP contribution in [0.4, 0.5) is 0 Å². The standard InChI is InChI=1S/C15H14N4O4S/c1-11-3-9-14(10-4-11)24(20,21)18-15(17-19-16)23-13-7-5-12(22-2)6-8-13/h3-10H,1-2H3/b18-15-. The molecular weight excluding hydrogens is 332 g/mol. The van der Waals surface area contributed by atoms with Gasteiger partial charge in [0, 0.05) is 4.91 Å². The van der Waals surface area contributed by atoms with Gasteiger partial charge in [0.25, 0.3) is 16.0 Å². The van der Waals surface area contributed by atoms with Crippen LogP contribution < -0.4 is 9.47 Å². The molecule has 0 atom stereocenters. The van der Waals surface area contributed by atoms with Crippen LogP contribution in [0.5, 0.6) is 11.5 Å². The maximum absolute atomic E-state index is 12.2. The normalized spacial score (nSPS) is 11.5. The number of rotatable bonds is 4. The van der Waals surface area contributed by atoms with Crippen molar-refractivity contribution in [2.24, 2.45) is 9.51 Å². The molecule has 0 fully saturated rings. The Morgan fingerprint density at radius 2 is 1.62 bits per heavy atom. The lowest BCUT2D eigenvalue weighted by molar-refractivity contribution is 0.413. The first kappa shape index (κ1) is 17.3. The van der Waals surface area contributed by atoms with E-state index in [0.29, 0.717) is 5.75 Å². The second kappa shape index (κ2) is 7.49. The molecule has 0 spiro atoms. The highest BCUT2D eigenvalue weighted by Gasteiger charge is 2.15. The molecule has 0 aromatic heterocycles. The van der Waals surface area contributed by atoms with E-state index in [1.54, 1.807) is 24.3 Å². The highest BCUT2D eigenvalue weighted by Crippen LogP contribution is 2.19. The van der Waals surface area contributed by atoms with Gasteiger partial charge in [-0.25, -0.2) is 0 Å². The predicted octanol–water partition coefficient (Wildman–Crippen LogP) is 3.44. The van der Waals surface area contributed by atoms with Crippen LogP contribution >= 0.6 is 0 Å².